The van der Waals surface area contributed by atoms with E-state index in [-0.39, 0.29) is 19.1 Å². The maximum atomic E-state index is 11.9. The molecule has 2 aromatic heterocycles. The van der Waals surface area contributed by atoms with Crippen LogP contribution in [0, 0.1) is 0 Å². The van der Waals surface area contributed by atoms with Crippen molar-refractivity contribution in [3.05, 3.63) is 28.5 Å². The van der Waals surface area contributed by atoms with Crippen LogP contribution in [0.3, 0.4) is 0 Å². The van der Waals surface area contributed by atoms with Crippen LogP contribution in [0.4, 0.5) is 4.79 Å². The van der Waals surface area contributed by atoms with Gasteiger partial charge in [-0.05, 0) is 0 Å². The van der Waals surface area contributed by atoms with Gasteiger partial charge in [0.2, 0.25) is 0 Å². The fourth-order valence-corrected chi connectivity index (χ4v) is 2.12. The predicted molar refractivity (Wildman–Crippen MR) is 73.5 cm³/mol. The number of carbonyl (C=O) groups is 2. The van der Waals surface area contributed by atoms with Crippen LogP contribution in [-0.4, -0.2) is 49.0 Å². The number of carbonyl (C=O) groups excluding carboxylic acids is 1. The molecule has 0 spiro atoms. The van der Waals surface area contributed by atoms with Crippen molar-refractivity contribution in [3.8, 4) is 0 Å². The monoisotopic (exact) mass is 310 g/mol. The first-order valence-electron chi connectivity index (χ1n) is 6.01. The second-order valence-corrected chi connectivity index (χ2v) is 5.01. The minimum Gasteiger partial charge on any atom is -0.480 e. The maximum absolute atomic E-state index is 11.9. The van der Waals surface area contributed by atoms with Gasteiger partial charge in [-0.1, -0.05) is 5.21 Å². The van der Waals surface area contributed by atoms with Gasteiger partial charge in [0, 0.05) is 12.4 Å². The quantitative estimate of drug-likeness (QED) is 0.786. The molecule has 2 N–H and O–H groups in total. The fraction of sp³-hybridized carbons (Fsp3) is 0.364. The number of nitrogens with one attached hydrogen (secondary N) is 1. The molecule has 21 heavy (non-hydrogen) atoms. The molecule has 0 unspecified atom stereocenters. The summed E-state index contributed by atoms with van der Waals surface area (Å²) >= 11 is 1.47. The number of hydrogen-bond donors (Lipinski definition) is 2. The van der Waals surface area contributed by atoms with Crippen molar-refractivity contribution in [1.29, 1.82) is 0 Å². The summed E-state index contributed by atoms with van der Waals surface area (Å²) < 4.78 is 1.20. The number of urea groups is 1. The Morgan fingerprint density at radius 3 is 2.95 bits per heavy atom. The first-order chi connectivity index (χ1) is 10.0. The Morgan fingerprint density at radius 2 is 2.29 bits per heavy atom. The van der Waals surface area contributed by atoms with Crippen molar-refractivity contribution in [2.24, 2.45) is 0 Å². The summed E-state index contributed by atoms with van der Waals surface area (Å²) in [5.74, 6) is -1.00. The average Bonchev–Trinajstić information content (AvgIpc) is 3.07. The molecule has 0 bridgehead atoms. The Kier molecular flexibility index (Phi) is 4.82. The second kappa shape index (κ2) is 6.79. The van der Waals surface area contributed by atoms with Gasteiger partial charge < -0.3 is 15.3 Å². The highest BCUT2D eigenvalue weighted by atomic mass is 32.1. The number of thiazole rings is 1. The van der Waals surface area contributed by atoms with Gasteiger partial charge in [-0.2, -0.15) is 0 Å². The van der Waals surface area contributed by atoms with Crippen molar-refractivity contribution < 1.29 is 14.7 Å². The van der Waals surface area contributed by atoms with Gasteiger partial charge in [0.15, 0.2) is 0 Å². The molecule has 2 rings (SSSR count). The van der Waals surface area contributed by atoms with Crippen molar-refractivity contribution in [2.45, 2.75) is 19.6 Å². The lowest BCUT2D eigenvalue weighted by atomic mass is 10.4. The molecule has 112 valence electrons. The van der Waals surface area contributed by atoms with E-state index in [0.717, 1.165) is 5.69 Å². The molecule has 0 aliphatic heterocycles. The summed E-state index contributed by atoms with van der Waals surface area (Å²) in [6, 6.07) is -0.268. The molecule has 0 atom stereocenters. The van der Waals surface area contributed by atoms with Gasteiger partial charge in [0.05, 0.1) is 30.5 Å². The van der Waals surface area contributed by atoms with Crippen molar-refractivity contribution >= 4 is 23.3 Å². The molecule has 0 aliphatic rings. The van der Waals surface area contributed by atoms with Gasteiger partial charge >= 0.3 is 12.0 Å². The fourth-order valence-electron chi connectivity index (χ4n) is 1.57. The lowest BCUT2D eigenvalue weighted by Gasteiger charge is -2.16. The number of amides is 2. The molecule has 2 amide bonds. The van der Waals surface area contributed by atoms with E-state index in [9.17, 15) is 9.59 Å². The number of hydrogen-bond acceptors (Lipinski definition) is 6. The van der Waals surface area contributed by atoms with Crippen LogP contribution in [0.5, 0.6) is 0 Å². The third-order valence-corrected chi connectivity index (χ3v) is 3.17. The third-order valence-electron chi connectivity index (χ3n) is 2.53. The smallest absolute Gasteiger partial charge is 0.325 e. The van der Waals surface area contributed by atoms with E-state index in [4.69, 9.17) is 5.11 Å². The van der Waals surface area contributed by atoms with Crippen LogP contribution >= 0.6 is 11.3 Å². The van der Waals surface area contributed by atoms with Gasteiger partial charge in [0.1, 0.15) is 12.2 Å². The molecule has 2 heterocycles. The van der Waals surface area contributed by atoms with Crippen LogP contribution in [0.2, 0.25) is 0 Å². The number of aliphatic carboxylic acids is 1. The Balaban J connectivity index is 1.80. The zero-order valence-electron chi connectivity index (χ0n) is 11.3. The topological polar surface area (TPSA) is 113 Å². The molecule has 0 aliphatic carbocycles. The molecule has 0 radical (unpaired) electrons. The van der Waals surface area contributed by atoms with Gasteiger partial charge in [-0.15, -0.1) is 16.4 Å². The summed E-state index contributed by atoms with van der Waals surface area (Å²) in [7, 11) is 1.66. The van der Waals surface area contributed by atoms with Gasteiger partial charge in [0.25, 0.3) is 0 Å². The summed E-state index contributed by atoms with van der Waals surface area (Å²) in [6.45, 7) is 0.339. The lowest BCUT2D eigenvalue weighted by Crippen LogP contribution is -2.36. The van der Waals surface area contributed by atoms with E-state index < -0.39 is 5.97 Å². The normalized spacial score (nSPS) is 10.3. The standard InChI is InChI=1S/C11H14N6O3S/c1-16(3-9-6-21-7-13-9)11(20)12-2-8-4-17(15-14-8)5-10(18)19/h4,6-7H,2-3,5H2,1H3,(H,12,20)(H,18,19). The summed E-state index contributed by atoms with van der Waals surface area (Å²) in [5.41, 5.74) is 3.03. The van der Waals surface area contributed by atoms with Crippen LogP contribution in [0.1, 0.15) is 11.4 Å². The van der Waals surface area contributed by atoms with E-state index in [0.29, 0.717) is 12.2 Å². The van der Waals surface area contributed by atoms with Crippen LogP contribution in [0.25, 0.3) is 0 Å². The van der Waals surface area contributed by atoms with E-state index >= 15 is 0 Å². The van der Waals surface area contributed by atoms with Crippen LogP contribution < -0.4 is 5.32 Å². The highest BCUT2D eigenvalue weighted by Gasteiger charge is 2.11. The number of rotatable bonds is 6. The van der Waals surface area contributed by atoms with E-state index in [1.54, 1.807) is 12.6 Å². The SMILES string of the molecule is CN(Cc1cscn1)C(=O)NCc1cn(CC(=O)O)nn1. The first kappa shape index (κ1) is 14.9. The summed E-state index contributed by atoms with van der Waals surface area (Å²) in [4.78, 5) is 28.0. The lowest BCUT2D eigenvalue weighted by molar-refractivity contribution is -0.137. The van der Waals surface area contributed by atoms with Crippen LogP contribution in [-0.2, 0) is 24.4 Å². The summed E-state index contributed by atoms with van der Waals surface area (Å²) in [5, 5.41) is 20.6. The highest BCUT2D eigenvalue weighted by molar-refractivity contribution is 7.07. The van der Waals surface area contributed by atoms with Gasteiger partial charge in [-0.3, -0.25) is 4.79 Å². The van der Waals surface area contributed by atoms with E-state index in [2.05, 4.69) is 20.6 Å². The molecule has 9 nitrogen and oxygen atoms in total. The summed E-state index contributed by atoms with van der Waals surface area (Å²) in [6.07, 6.45) is 1.48. The first-order valence-corrected chi connectivity index (χ1v) is 6.95. The Morgan fingerprint density at radius 1 is 1.48 bits per heavy atom. The average molecular weight is 310 g/mol. The minimum absolute atomic E-state index is 0.180. The molecule has 0 aromatic carbocycles. The van der Waals surface area contributed by atoms with Crippen molar-refractivity contribution in [2.75, 3.05) is 7.05 Å². The molecule has 0 fully saturated rings. The second-order valence-electron chi connectivity index (χ2n) is 4.30. The Bertz CT molecular complexity index is 611. The largest absolute Gasteiger partial charge is 0.480 e. The Labute approximate surface area is 124 Å². The molecule has 10 heteroatoms. The number of aromatic nitrogens is 4. The minimum atomic E-state index is -1.00. The van der Waals surface area contributed by atoms with Gasteiger partial charge in [-0.25, -0.2) is 14.5 Å². The number of nitrogens with zero attached hydrogens (tertiary/aromatic N) is 5. The van der Waals surface area contributed by atoms with Crippen molar-refractivity contribution in [3.63, 3.8) is 0 Å². The molecule has 0 saturated heterocycles. The molecular formula is C11H14N6O3S. The molecule has 0 saturated carbocycles. The van der Waals surface area contributed by atoms with E-state index in [1.807, 2.05) is 5.38 Å². The number of carboxylic acid groups (broad SMARTS) is 1. The van der Waals surface area contributed by atoms with E-state index in [1.165, 1.54) is 27.1 Å². The zero-order chi connectivity index (χ0) is 15.2. The van der Waals surface area contributed by atoms with Crippen molar-refractivity contribution in [1.82, 2.24) is 30.2 Å². The third kappa shape index (κ3) is 4.53. The zero-order valence-corrected chi connectivity index (χ0v) is 12.1. The maximum Gasteiger partial charge on any atom is 0.325 e. The molecule has 2 aromatic rings. The predicted octanol–water partition coefficient (Wildman–Crippen LogP) is 0.161. The number of carboxylic acids is 1. The van der Waals surface area contributed by atoms with Crippen LogP contribution in [0.15, 0.2) is 17.1 Å². The Hall–Kier alpha value is -2.49. The molecular weight excluding hydrogens is 296 g/mol. The highest BCUT2D eigenvalue weighted by Crippen LogP contribution is 2.04.